The molecule has 1 aromatic rings. The van der Waals surface area contributed by atoms with Crippen LogP contribution >= 0.6 is 0 Å². The van der Waals surface area contributed by atoms with E-state index in [4.69, 9.17) is 0 Å². The smallest absolute Gasteiger partial charge is 0.291 e. The van der Waals surface area contributed by atoms with Crippen LogP contribution in [0.1, 0.15) is 63.5 Å². The minimum atomic E-state index is -1.20. The number of likely N-dealkylation sites (tertiary alicyclic amines) is 1. The number of nitrogens with zero attached hydrogens (tertiary/aromatic N) is 1. The topological polar surface area (TPSA) is 103 Å². The van der Waals surface area contributed by atoms with Crippen molar-refractivity contribution in [3.8, 4) is 0 Å². The monoisotopic (exact) mass is 426 g/mol. The summed E-state index contributed by atoms with van der Waals surface area (Å²) >= 11 is 0. The fourth-order valence-electron chi connectivity index (χ4n) is 6.61. The first-order valence-electron chi connectivity index (χ1n) is 11.8. The van der Waals surface area contributed by atoms with Gasteiger partial charge in [-0.3, -0.25) is 19.3 Å². The summed E-state index contributed by atoms with van der Waals surface area (Å²) in [6.07, 6.45) is 5.88. The highest BCUT2D eigenvalue weighted by molar-refractivity contribution is 6.14. The van der Waals surface area contributed by atoms with E-state index in [9.17, 15) is 19.5 Å². The molecule has 4 aliphatic rings. The van der Waals surface area contributed by atoms with E-state index in [0.29, 0.717) is 0 Å². The van der Waals surface area contributed by atoms with Crippen LogP contribution in [-0.4, -0.2) is 45.9 Å². The number of aryl methyl sites for hydroxylation is 1. The van der Waals surface area contributed by atoms with E-state index in [0.717, 1.165) is 61.8 Å². The first kappa shape index (κ1) is 20.6. The van der Waals surface area contributed by atoms with Crippen molar-refractivity contribution in [1.82, 2.24) is 4.90 Å². The zero-order valence-electron chi connectivity index (χ0n) is 18.3. The number of hydrogen-bond donors (Lipinski definition) is 3. The molecule has 7 nitrogen and oxygen atoms in total. The number of carbonyl (C=O) groups is 3. The summed E-state index contributed by atoms with van der Waals surface area (Å²) in [5, 5.41) is 15.4. The molecule has 0 aromatic heterocycles. The summed E-state index contributed by atoms with van der Waals surface area (Å²) in [4.78, 5) is 42.5. The van der Waals surface area contributed by atoms with Gasteiger partial charge in [-0.25, -0.2) is 0 Å². The van der Waals surface area contributed by atoms with Gasteiger partial charge in [0.05, 0.1) is 5.69 Å². The number of hydrogen-bond acceptors (Lipinski definition) is 4. The molecule has 1 saturated carbocycles. The van der Waals surface area contributed by atoms with E-state index in [1.165, 1.54) is 4.90 Å². The van der Waals surface area contributed by atoms with Crippen LogP contribution in [0.3, 0.4) is 0 Å². The molecule has 3 aliphatic heterocycles. The van der Waals surface area contributed by atoms with Crippen molar-refractivity contribution in [2.24, 2.45) is 11.8 Å². The molecule has 3 fully saturated rings. The Kier molecular flexibility index (Phi) is 4.94. The maximum atomic E-state index is 13.9. The third-order valence-corrected chi connectivity index (χ3v) is 8.08. The van der Waals surface area contributed by atoms with Gasteiger partial charge in [-0.15, -0.1) is 0 Å². The highest BCUT2D eigenvalue weighted by Crippen LogP contribution is 2.51. The molecule has 4 N–H and O–H groups in total. The molecule has 0 bridgehead atoms. The van der Waals surface area contributed by atoms with Gasteiger partial charge in [0.1, 0.15) is 24.0 Å². The number of benzene rings is 1. The second-order valence-electron chi connectivity index (χ2n) is 9.70. The number of imide groups is 1. The van der Waals surface area contributed by atoms with Gasteiger partial charge in [-0.1, -0.05) is 50.8 Å². The van der Waals surface area contributed by atoms with Crippen molar-refractivity contribution in [1.29, 1.82) is 0 Å². The molecule has 5 atom stereocenters. The largest absolute Gasteiger partial charge is 0.387 e. The summed E-state index contributed by atoms with van der Waals surface area (Å²) in [6, 6.07) is 5.18. The molecule has 2 saturated heterocycles. The predicted molar refractivity (Wildman–Crippen MR) is 114 cm³/mol. The number of quaternary nitrogens is 1. The van der Waals surface area contributed by atoms with Crippen molar-refractivity contribution < 1.29 is 24.8 Å². The number of fused-ring (bicyclic) bond motifs is 4. The van der Waals surface area contributed by atoms with Gasteiger partial charge in [0, 0.05) is 11.6 Å². The van der Waals surface area contributed by atoms with Crippen LogP contribution in [0.4, 0.5) is 5.69 Å². The molecule has 3 heterocycles. The number of aliphatic hydroxyl groups excluding tert-OH is 1. The quantitative estimate of drug-likeness (QED) is 0.496. The first-order chi connectivity index (χ1) is 14.9. The lowest BCUT2D eigenvalue weighted by atomic mass is 9.76. The van der Waals surface area contributed by atoms with E-state index >= 15 is 0 Å². The lowest BCUT2D eigenvalue weighted by molar-refractivity contribution is -0.738. The summed E-state index contributed by atoms with van der Waals surface area (Å²) in [5.74, 6) is -2.14. The third-order valence-electron chi connectivity index (χ3n) is 8.08. The highest BCUT2D eigenvalue weighted by Gasteiger charge is 2.75. The molecule has 31 heavy (non-hydrogen) atoms. The fourth-order valence-corrected chi connectivity index (χ4v) is 6.61. The van der Waals surface area contributed by atoms with Crippen molar-refractivity contribution >= 4 is 23.4 Å². The van der Waals surface area contributed by atoms with Gasteiger partial charge in [0.15, 0.2) is 0 Å². The van der Waals surface area contributed by atoms with E-state index in [2.05, 4.69) is 5.32 Å². The van der Waals surface area contributed by atoms with Gasteiger partial charge in [0.2, 0.25) is 17.4 Å². The van der Waals surface area contributed by atoms with Crippen LogP contribution in [0.2, 0.25) is 0 Å². The minimum absolute atomic E-state index is 0.0919. The van der Waals surface area contributed by atoms with E-state index < -0.39 is 29.5 Å². The SMILES string of the molecule is CCc1cccc2c1NC(=O)[C@@]21[NH2+][C@H]([C@@H](C)O)[C@H]2C(=O)N(C3CCCCCC3)C(=O)[C@H]21. The number of para-hydroxylation sites is 1. The van der Waals surface area contributed by atoms with Crippen LogP contribution in [0, 0.1) is 11.8 Å². The van der Waals surface area contributed by atoms with E-state index in [1.807, 2.05) is 30.4 Å². The molecular weight excluding hydrogens is 394 g/mol. The van der Waals surface area contributed by atoms with Crippen LogP contribution in [0.25, 0.3) is 0 Å². The van der Waals surface area contributed by atoms with Gasteiger partial charge in [-0.05, 0) is 31.7 Å². The molecule has 0 radical (unpaired) electrons. The number of nitrogens with two attached hydrogens (primary N) is 1. The number of nitrogens with one attached hydrogen (secondary N) is 1. The van der Waals surface area contributed by atoms with E-state index in [-0.39, 0.29) is 23.8 Å². The Morgan fingerprint density at radius 2 is 1.87 bits per heavy atom. The van der Waals surface area contributed by atoms with Gasteiger partial charge in [-0.2, -0.15) is 0 Å². The van der Waals surface area contributed by atoms with Crippen molar-refractivity contribution in [3.05, 3.63) is 29.3 Å². The Balaban J connectivity index is 1.63. The minimum Gasteiger partial charge on any atom is -0.387 e. The summed E-state index contributed by atoms with van der Waals surface area (Å²) in [5.41, 5.74) is 1.37. The molecule has 0 unspecified atom stereocenters. The van der Waals surface area contributed by atoms with Crippen molar-refractivity contribution in [2.45, 2.75) is 82.5 Å². The van der Waals surface area contributed by atoms with Crippen molar-refractivity contribution in [3.63, 3.8) is 0 Å². The molecule has 1 spiro atoms. The predicted octanol–water partition coefficient (Wildman–Crippen LogP) is 1.05. The molecule has 7 heteroatoms. The van der Waals surface area contributed by atoms with E-state index in [1.54, 1.807) is 6.92 Å². The van der Waals surface area contributed by atoms with Gasteiger partial charge >= 0.3 is 0 Å². The fraction of sp³-hybridized carbons (Fsp3) is 0.625. The lowest BCUT2D eigenvalue weighted by Gasteiger charge is -2.30. The summed E-state index contributed by atoms with van der Waals surface area (Å²) < 4.78 is 0. The zero-order chi connectivity index (χ0) is 21.9. The Morgan fingerprint density at radius 1 is 1.16 bits per heavy atom. The summed E-state index contributed by atoms with van der Waals surface area (Å²) in [6.45, 7) is 3.68. The van der Waals surface area contributed by atoms with Crippen LogP contribution in [0.5, 0.6) is 0 Å². The summed E-state index contributed by atoms with van der Waals surface area (Å²) in [7, 11) is 0. The molecule has 166 valence electrons. The van der Waals surface area contributed by atoms with Gasteiger partial charge < -0.3 is 15.7 Å². The number of aliphatic hydroxyl groups is 1. The van der Waals surface area contributed by atoms with Crippen LogP contribution in [-0.2, 0) is 26.3 Å². The normalized spacial score (nSPS) is 34.1. The molecule has 3 amide bonds. The average Bonchev–Trinajstić information content (AvgIpc) is 3.23. The average molecular weight is 427 g/mol. The maximum Gasteiger partial charge on any atom is 0.291 e. The van der Waals surface area contributed by atoms with Crippen LogP contribution < -0.4 is 10.6 Å². The van der Waals surface area contributed by atoms with Crippen molar-refractivity contribution in [2.75, 3.05) is 5.32 Å². The number of carbonyl (C=O) groups excluding carboxylic acids is 3. The highest BCUT2D eigenvalue weighted by atomic mass is 16.3. The number of rotatable bonds is 3. The number of anilines is 1. The Morgan fingerprint density at radius 3 is 2.52 bits per heavy atom. The number of amides is 3. The second-order valence-corrected chi connectivity index (χ2v) is 9.70. The standard InChI is InChI=1S/C24H31N3O4/c1-3-14-9-8-12-16-20(14)25-23(31)24(16)18-17(19(26-24)13(2)28)21(29)27(22(18)30)15-10-6-4-5-7-11-15/h8-9,12-13,15,17-19,26,28H,3-7,10-11H2,1-2H3,(H,25,31)/p+1/t13-,17+,18+,19-,24-/m1/s1. The second kappa shape index (κ2) is 7.41. The molecule has 5 rings (SSSR count). The first-order valence-corrected chi connectivity index (χ1v) is 11.8. The third kappa shape index (κ3) is 2.75. The van der Waals surface area contributed by atoms with Crippen LogP contribution in [0.15, 0.2) is 18.2 Å². The lowest BCUT2D eigenvalue weighted by Crippen LogP contribution is -3.00. The molecular formula is C24H32N3O4+. The Labute approximate surface area is 182 Å². The molecule has 1 aliphatic carbocycles. The molecule has 1 aromatic carbocycles. The zero-order valence-corrected chi connectivity index (χ0v) is 18.3. The Hall–Kier alpha value is -2.25. The van der Waals surface area contributed by atoms with Gasteiger partial charge in [0.25, 0.3) is 5.91 Å². The maximum absolute atomic E-state index is 13.9. The Bertz CT molecular complexity index is 937.